The first-order valence-corrected chi connectivity index (χ1v) is 8.65. The second kappa shape index (κ2) is 6.32. The number of hydrogen-bond acceptors (Lipinski definition) is 5. The van der Waals surface area contributed by atoms with Crippen LogP contribution in [0.2, 0.25) is 0 Å². The third-order valence-corrected chi connectivity index (χ3v) is 6.61. The number of thiophene rings is 1. The summed E-state index contributed by atoms with van der Waals surface area (Å²) in [5.74, 6) is 0. The molecule has 0 amide bonds. The zero-order chi connectivity index (χ0) is 13.9. The van der Waals surface area contributed by atoms with Crippen LogP contribution in [0.1, 0.15) is 18.4 Å². The topological polar surface area (TPSA) is 58.6 Å². The van der Waals surface area contributed by atoms with E-state index in [1.165, 1.54) is 11.3 Å². The summed E-state index contributed by atoms with van der Waals surface area (Å²) in [6.07, 6.45) is 1.80. The predicted octanol–water partition coefficient (Wildman–Crippen LogP) is 1.27. The fourth-order valence-corrected chi connectivity index (χ4v) is 5.10. The average Bonchev–Trinajstić information content (AvgIpc) is 2.88. The Morgan fingerprint density at radius 1 is 1.58 bits per heavy atom. The lowest BCUT2D eigenvalue weighted by atomic mass is 10.1. The van der Waals surface area contributed by atoms with Crippen LogP contribution in [0.5, 0.6) is 0 Å². The van der Waals surface area contributed by atoms with E-state index in [9.17, 15) is 8.42 Å². The van der Waals surface area contributed by atoms with Gasteiger partial charge in [0.1, 0.15) is 4.21 Å². The van der Waals surface area contributed by atoms with Gasteiger partial charge in [0.15, 0.2) is 0 Å². The molecule has 0 spiro atoms. The summed E-state index contributed by atoms with van der Waals surface area (Å²) in [6.45, 7) is 1.73. The number of methoxy groups -OCH3 is 1. The molecule has 0 aromatic carbocycles. The fourth-order valence-electron chi connectivity index (χ4n) is 2.23. The maximum absolute atomic E-state index is 12.5. The molecule has 1 saturated heterocycles. The van der Waals surface area contributed by atoms with Gasteiger partial charge in [0.25, 0.3) is 10.0 Å². The lowest BCUT2D eigenvalue weighted by Crippen LogP contribution is -2.42. The largest absolute Gasteiger partial charge is 0.380 e. The van der Waals surface area contributed by atoms with Crippen molar-refractivity contribution >= 4 is 21.4 Å². The highest BCUT2D eigenvalue weighted by Crippen LogP contribution is 2.26. The maximum Gasteiger partial charge on any atom is 0.252 e. The average molecular weight is 304 g/mol. The monoisotopic (exact) mass is 304 g/mol. The van der Waals surface area contributed by atoms with Crippen LogP contribution in [-0.2, 0) is 21.3 Å². The van der Waals surface area contributed by atoms with Crippen molar-refractivity contribution in [2.24, 2.45) is 0 Å². The molecule has 1 aromatic rings. The first-order chi connectivity index (χ1) is 9.07. The molecule has 108 valence electrons. The fraction of sp³-hybridized carbons (Fsp3) is 0.667. The van der Waals surface area contributed by atoms with Gasteiger partial charge in [-0.2, -0.15) is 4.31 Å². The van der Waals surface area contributed by atoms with E-state index in [1.54, 1.807) is 17.5 Å². The molecule has 1 aliphatic rings. The zero-order valence-electron chi connectivity index (χ0n) is 11.3. The molecule has 2 rings (SSSR count). The first-order valence-electron chi connectivity index (χ1n) is 6.33. The molecule has 0 radical (unpaired) electrons. The van der Waals surface area contributed by atoms with Gasteiger partial charge in [0, 0.05) is 26.7 Å². The Morgan fingerprint density at radius 2 is 2.37 bits per heavy atom. The highest BCUT2D eigenvalue weighted by molar-refractivity contribution is 7.91. The molecule has 2 heterocycles. The Balaban J connectivity index is 2.16. The molecular formula is C12H20N2O3S2. The van der Waals surface area contributed by atoms with Crippen LogP contribution in [-0.4, -0.2) is 46.1 Å². The van der Waals surface area contributed by atoms with Crippen LogP contribution < -0.4 is 5.32 Å². The van der Waals surface area contributed by atoms with Crippen molar-refractivity contribution in [1.82, 2.24) is 9.62 Å². The zero-order valence-corrected chi connectivity index (χ0v) is 12.9. The van der Waals surface area contributed by atoms with Gasteiger partial charge in [-0.05, 0) is 36.9 Å². The van der Waals surface area contributed by atoms with Crippen molar-refractivity contribution < 1.29 is 13.2 Å². The van der Waals surface area contributed by atoms with Crippen LogP contribution >= 0.6 is 11.3 Å². The number of ether oxygens (including phenoxy) is 1. The van der Waals surface area contributed by atoms with Crippen molar-refractivity contribution in [2.45, 2.75) is 29.7 Å². The Bertz CT molecular complexity index is 513. The normalized spacial score (nSPS) is 21.7. The van der Waals surface area contributed by atoms with Gasteiger partial charge in [0.05, 0.1) is 6.10 Å². The number of sulfonamides is 1. The molecule has 5 nitrogen and oxygen atoms in total. The van der Waals surface area contributed by atoms with Gasteiger partial charge in [-0.15, -0.1) is 11.3 Å². The lowest BCUT2D eigenvalue weighted by molar-refractivity contribution is 0.0572. The Morgan fingerprint density at radius 3 is 3.05 bits per heavy atom. The van der Waals surface area contributed by atoms with Crippen molar-refractivity contribution in [2.75, 3.05) is 27.2 Å². The lowest BCUT2D eigenvalue weighted by Gasteiger charge is -2.30. The molecule has 1 N–H and O–H groups in total. The quantitative estimate of drug-likeness (QED) is 0.890. The Kier molecular flexibility index (Phi) is 4.97. The second-order valence-corrected chi connectivity index (χ2v) is 7.74. The number of hydrogen-bond donors (Lipinski definition) is 1. The molecule has 1 atom stereocenters. The summed E-state index contributed by atoms with van der Waals surface area (Å²) in [5, 5.41) is 4.91. The Hall–Kier alpha value is -0.470. The molecular weight excluding hydrogens is 284 g/mol. The number of piperidine rings is 1. The summed E-state index contributed by atoms with van der Waals surface area (Å²) in [7, 11) is 0.124. The van der Waals surface area contributed by atoms with Gasteiger partial charge in [-0.1, -0.05) is 0 Å². The van der Waals surface area contributed by atoms with Crippen molar-refractivity contribution in [1.29, 1.82) is 0 Å². The third kappa shape index (κ3) is 3.35. The second-order valence-electron chi connectivity index (χ2n) is 4.67. The van der Waals surface area contributed by atoms with Gasteiger partial charge < -0.3 is 10.1 Å². The Labute approximate surface area is 118 Å². The van der Waals surface area contributed by atoms with E-state index in [2.05, 4.69) is 5.32 Å². The van der Waals surface area contributed by atoms with E-state index in [-0.39, 0.29) is 6.10 Å². The van der Waals surface area contributed by atoms with E-state index in [0.717, 1.165) is 18.4 Å². The third-order valence-electron chi connectivity index (χ3n) is 3.28. The van der Waals surface area contributed by atoms with Crippen LogP contribution in [0.25, 0.3) is 0 Å². The molecule has 1 unspecified atom stereocenters. The minimum absolute atomic E-state index is 0.0141. The molecule has 1 aliphatic heterocycles. The van der Waals surface area contributed by atoms with Gasteiger partial charge in [-0.3, -0.25) is 0 Å². The number of nitrogens with zero attached hydrogens (tertiary/aromatic N) is 1. The van der Waals surface area contributed by atoms with Gasteiger partial charge in [-0.25, -0.2) is 8.42 Å². The SMILES string of the molecule is CNCc1csc(S(=O)(=O)N2CCCC(OC)C2)c1. The minimum atomic E-state index is -3.36. The first kappa shape index (κ1) is 14.9. The minimum Gasteiger partial charge on any atom is -0.380 e. The van der Waals surface area contributed by atoms with Crippen molar-refractivity contribution in [3.05, 3.63) is 17.0 Å². The number of rotatable bonds is 5. The molecule has 7 heteroatoms. The van der Waals surface area contributed by atoms with E-state index in [0.29, 0.717) is 23.8 Å². The van der Waals surface area contributed by atoms with Crippen LogP contribution in [0, 0.1) is 0 Å². The highest BCUT2D eigenvalue weighted by atomic mass is 32.2. The van der Waals surface area contributed by atoms with E-state index in [1.807, 2.05) is 12.4 Å². The summed E-state index contributed by atoms with van der Waals surface area (Å²) in [4.78, 5) is 0. The summed E-state index contributed by atoms with van der Waals surface area (Å²) in [5.41, 5.74) is 1.01. The summed E-state index contributed by atoms with van der Waals surface area (Å²) >= 11 is 1.29. The molecule has 1 aromatic heterocycles. The van der Waals surface area contributed by atoms with Crippen LogP contribution in [0.4, 0.5) is 0 Å². The number of nitrogens with one attached hydrogen (secondary N) is 1. The van der Waals surface area contributed by atoms with Crippen LogP contribution in [0.3, 0.4) is 0 Å². The van der Waals surface area contributed by atoms with Crippen LogP contribution in [0.15, 0.2) is 15.7 Å². The smallest absolute Gasteiger partial charge is 0.252 e. The molecule has 1 fully saturated rings. The molecule has 0 aliphatic carbocycles. The maximum atomic E-state index is 12.5. The standard InChI is InChI=1S/C12H20N2O3S2/c1-13-7-10-6-12(18-9-10)19(15,16)14-5-3-4-11(8-14)17-2/h6,9,11,13H,3-5,7-8H2,1-2H3. The van der Waals surface area contributed by atoms with E-state index < -0.39 is 10.0 Å². The van der Waals surface area contributed by atoms with Gasteiger partial charge in [0.2, 0.25) is 0 Å². The van der Waals surface area contributed by atoms with Crippen molar-refractivity contribution in [3.63, 3.8) is 0 Å². The summed E-state index contributed by atoms with van der Waals surface area (Å²) < 4.78 is 32.3. The molecule has 0 bridgehead atoms. The molecule has 19 heavy (non-hydrogen) atoms. The van der Waals surface area contributed by atoms with E-state index >= 15 is 0 Å². The predicted molar refractivity (Wildman–Crippen MR) is 75.9 cm³/mol. The van der Waals surface area contributed by atoms with Gasteiger partial charge >= 0.3 is 0 Å². The summed E-state index contributed by atoms with van der Waals surface area (Å²) in [6, 6.07) is 1.76. The van der Waals surface area contributed by atoms with Crippen molar-refractivity contribution in [3.8, 4) is 0 Å². The molecule has 0 saturated carbocycles. The van der Waals surface area contributed by atoms with E-state index in [4.69, 9.17) is 4.74 Å². The highest BCUT2D eigenvalue weighted by Gasteiger charge is 2.31.